The van der Waals surface area contributed by atoms with Gasteiger partial charge < -0.3 is 87.5 Å². The fraction of sp³-hybridized carbons (Fsp3) is 0.770. The molecular weight excluding hydrogens is 1140 g/mol. The molecule has 5 fully saturated rings. The van der Waals surface area contributed by atoms with Crippen molar-refractivity contribution in [2.45, 2.75) is 211 Å². The number of benzene rings is 1. The van der Waals surface area contributed by atoms with Crippen LogP contribution >= 0.6 is 0 Å². The zero-order chi connectivity index (χ0) is 64.0. The molecule has 4 saturated heterocycles. The Balaban J connectivity index is 0.960. The van der Waals surface area contributed by atoms with Crippen LogP contribution in [0.25, 0.3) is 10.9 Å². The van der Waals surface area contributed by atoms with Crippen molar-refractivity contribution in [3.63, 3.8) is 0 Å². The molecule has 26 heteroatoms. The fourth-order valence-electron chi connectivity index (χ4n) is 13.1. The summed E-state index contributed by atoms with van der Waals surface area (Å²) in [5.74, 6) is -6.23. The molecule has 0 unspecified atom stereocenters. The first-order chi connectivity index (χ1) is 40.9. The average Bonchev–Trinajstić information content (AvgIpc) is 1.96. The van der Waals surface area contributed by atoms with Gasteiger partial charge in [-0.05, 0) is 120 Å². The third kappa shape index (κ3) is 16.5. The maximum absolute atomic E-state index is 15.1. The van der Waals surface area contributed by atoms with Crippen molar-refractivity contribution in [3.05, 3.63) is 39.9 Å². The lowest BCUT2D eigenvalue weighted by molar-refractivity contribution is -0.318. The summed E-state index contributed by atoms with van der Waals surface area (Å²) in [6.45, 7) is 18.4. The number of nitrogens with one attached hydrogen (secondary N) is 2. The smallest absolute Gasteiger partial charge is 0.477 e. The number of ether oxygens (including phenoxy) is 11. The number of aliphatic hydroxyl groups excluding tert-OH is 1. The molecular formula is C61H94FN5O20. The maximum Gasteiger partial charge on any atom is 0.509 e. The van der Waals surface area contributed by atoms with E-state index in [-0.39, 0.29) is 93.8 Å². The lowest BCUT2D eigenvalue weighted by Crippen LogP contribution is -2.61. The summed E-state index contributed by atoms with van der Waals surface area (Å²) in [5, 5.41) is 39.7. The number of carboxylic acid groups (broad SMARTS) is 1. The molecule has 7 rings (SSSR count). The minimum absolute atomic E-state index is 0.00653. The fourth-order valence-corrected chi connectivity index (χ4v) is 13.1. The standard InChI is InChI=1S/C61H94FN5O20/c1-15-45-61(10)53(86-58(75)87-61)36(6)66(13)30-32(2)27-59(8,76)52(85-57-50(71)44(65(11)12)24-33(3)80-57)34(4)51(35(5)56(74)82-45)84-48-28-60(9,77-14)54(37(7)81-48)83-47(69)29-64-46(68)18-20-78-22-23-79-21-19-63-42-26-43-39(25-41(42)62)49(70)40(55(72)73)31-67(43)38-16-17-38/h25-26,31-38,44-45,48,50-54,57,63,71,76H,15-24,27-30H2,1-14H3,(H,64,68)(H,72,73)/t32-,33-,34+,35-,36-,37+,44+,45-,48+,50-,51+,52-,53-,54+,57+,59-,60-,61-/m1/s1. The highest BCUT2D eigenvalue weighted by Crippen LogP contribution is 2.43. The summed E-state index contributed by atoms with van der Waals surface area (Å²) in [6.07, 6.45) is -6.90. The van der Waals surface area contributed by atoms with Gasteiger partial charge in [0.2, 0.25) is 11.3 Å². The zero-order valence-corrected chi connectivity index (χ0v) is 52.9. The Labute approximate surface area is 508 Å². The number of aliphatic hydroxyl groups is 2. The lowest BCUT2D eigenvalue weighted by Gasteiger charge is -2.49. The van der Waals surface area contributed by atoms with Crippen LogP contribution in [0.3, 0.4) is 0 Å². The Kier molecular flexibility index (Phi) is 23.3. The van der Waals surface area contributed by atoms with Crippen molar-refractivity contribution in [2.24, 2.45) is 17.8 Å². The van der Waals surface area contributed by atoms with E-state index in [1.807, 2.05) is 58.6 Å². The largest absolute Gasteiger partial charge is 0.509 e. The van der Waals surface area contributed by atoms with Gasteiger partial charge in [-0.25, -0.2) is 14.0 Å². The van der Waals surface area contributed by atoms with E-state index < -0.39 is 143 Å². The van der Waals surface area contributed by atoms with Gasteiger partial charge in [0.25, 0.3) is 0 Å². The van der Waals surface area contributed by atoms with Crippen molar-refractivity contribution in [2.75, 3.05) is 79.6 Å². The monoisotopic (exact) mass is 1240 g/mol. The van der Waals surface area contributed by atoms with E-state index in [1.165, 1.54) is 19.4 Å². The van der Waals surface area contributed by atoms with E-state index in [9.17, 15) is 44.1 Å². The summed E-state index contributed by atoms with van der Waals surface area (Å²) in [4.78, 5) is 82.4. The highest BCUT2D eigenvalue weighted by Gasteiger charge is 2.59. The molecule has 0 spiro atoms. The number of halogens is 1. The molecule has 2 aromatic rings. The molecule has 0 radical (unpaired) electrons. The van der Waals surface area contributed by atoms with Gasteiger partial charge in [-0.3, -0.25) is 24.1 Å². The van der Waals surface area contributed by atoms with Crippen molar-refractivity contribution >= 4 is 46.6 Å². The van der Waals surface area contributed by atoms with Crippen LogP contribution < -0.4 is 16.1 Å². The number of anilines is 1. The van der Waals surface area contributed by atoms with Crippen molar-refractivity contribution < 1.29 is 95.8 Å². The molecule has 5 heterocycles. The molecule has 1 aromatic heterocycles. The predicted molar refractivity (Wildman–Crippen MR) is 312 cm³/mol. The average molecular weight is 1240 g/mol. The molecule has 87 heavy (non-hydrogen) atoms. The Morgan fingerprint density at radius 2 is 1.61 bits per heavy atom. The Bertz CT molecular complexity index is 2790. The van der Waals surface area contributed by atoms with Crippen LogP contribution in [0.5, 0.6) is 0 Å². The van der Waals surface area contributed by atoms with Gasteiger partial charge in [-0.2, -0.15) is 0 Å². The molecule has 1 aliphatic carbocycles. The molecule has 490 valence electrons. The van der Waals surface area contributed by atoms with Gasteiger partial charge in [0.05, 0.1) is 73.6 Å². The Morgan fingerprint density at radius 3 is 2.25 bits per heavy atom. The topological polar surface area (TPSA) is 300 Å². The van der Waals surface area contributed by atoms with Crippen LogP contribution in [-0.2, 0) is 66.5 Å². The van der Waals surface area contributed by atoms with Crippen molar-refractivity contribution in [1.29, 1.82) is 0 Å². The molecule has 5 N–H and O–H groups in total. The third-order valence-electron chi connectivity index (χ3n) is 18.0. The maximum atomic E-state index is 15.1. The van der Waals surface area contributed by atoms with Gasteiger partial charge >= 0.3 is 24.1 Å². The van der Waals surface area contributed by atoms with E-state index in [2.05, 4.69) is 10.6 Å². The summed E-state index contributed by atoms with van der Waals surface area (Å²) < 4.78 is 84.6. The zero-order valence-electron chi connectivity index (χ0n) is 52.9. The number of pyridine rings is 1. The SMILES string of the molecule is CC[C@H]1OC(=O)[C@H](C)[C@@H](O[C@H]2C[C@@](C)(OC)[C@@H](OC(=O)CNC(=O)CCOCCOCCNc3cc4c(cc3F)c(=O)c(C(=O)O)cn4C3CC3)[C@H](C)O2)[C@H](C)[C@@H](O[C@@H]2O[C@H](C)C[C@H](N(C)C)[C@H]2O)[C@](C)(O)C[C@@H](C)CN(C)[C@H](C)[C@H]2OC(=O)O[C@@]21C. The minimum Gasteiger partial charge on any atom is -0.477 e. The first-order valence-electron chi connectivity index (χ1n) is 30.4. The highest BCUT2D eigenvalue weighted by atomic mass is 19.1. The summed E-state index contributed by atoms with van der Waals surface area (Å²) in [6, 6.07) is 1.82. The second-order valence-corrected chi connectivity index (χ2v) is 25.4. The van der Waals surface area contributed by atoms with E-state index in [0.717, 1.165) is 18.9 Å². The third-order valence-corrected chi connectivity index (χ3v) is 18.0. The van der Waals surface area contributed by atoms with Crippen LogP contribution in [0.4, 0.5) is 14.9 Å². The van der Waals surface area contributed by atoms with Crippen LogP contribution in [0, 0.1) is 23.6 Å². The minimum atomic E-state index is -1.66. The summed E-state index contributed by atoms with van der Waals surface area (Å²) >= 11 is 0. The Morgan fingerprint density at radius 1 is 0.920 bits per heavy atom. The quantitative estimate of drug-likeness (QED) is 0.0602. The molecule has 1 aromatic carbocycles. The predicted octanol–water partition coefficient (Wildman–Crippen LogP) is 4.77. The number of nitrogens with zero attached hydrogens (tertiary/aromatic N) is 3. The van der Waals surface area contributed by atoms with Gasteiger partial charge in [-0.15, -0.1) is 0 Å². The number of hydrogen-bond donors (Lipinski definition) is 5. The summed E-state index contributed by atoms with van der Waals surface area (Å²) in [7, 11) is 7.06. The second-order valence-electron chi connectivity index (χ2n) is 25.4. The summed E-state index contributed by atoms with van der Waals surface area (Å²) in [5.41, 5.74) is -4.90. The van der Waals surface area contributed by atoms with Gasteiger partial charge in [0.15, 0.2) is 30.4 Å². The molecule has 18 atom stereocenters. The lowest BCUT2D eigenvalue weighted by atomic mass is 9.77. The highest BCUT2D eigenvalue weighted by molar-refractivity contribution is 5.93. The van der Waals surface area contributed by atoms with Crippen LogP contribution in [-0.4, -0.2) is 224 Å². The number of aromatic nitrogens is 1. The number of hydrogen-bond acceptors (Lipinski definition) is 22. The number of methoxy groups -OCH3 is 1. The molecule has 1 amide bonds. The Hall–Kier alpha value is -5.13. The first-order valence-corrected chi connectivity index (χ1v) is 30.4. The number of aromatic carboxylic acids is 1. The number of likely N-dealkylation sites (N-methyl/N-ethyl adjacent to an activating group) is 2. The van der Waals surface area contributed by atoms with Crippen LogP contribution in [0.15, 0.2) is 23.1 Å². The number of rotatable bonds is 22. The van der Waals surface area contributed by atoms with Gasteiger partial charge in [0, 0.05) is 68.7 Å². The molecule has 4 aliphatic heterocycles. The van der Waals surface area contributed by atoms with Crippen molar-refractivity contribution in [1.82, 2.24) is 19.7 Å². The van der Waals surface area contributed by atoms with E-state index in [1.54, 1.807) is 46.1 Å². The molecule has 25 nitrogen and oxygen atoms in total. The van der Waals surface area contributed by atoms with Gasteiger partial charge in [-0.1, -0.05) is 20.8 Å². The van der Waals surface area contributed by atoms with E-state index in [0.29, 0.717) is 18.5 Å². The number of fused-ring (bicyclic) bond motifs is 2. The first kappa shape index (κ1) is 69.3. The number of carboxylic acids is 1. The van der Waals surface area contributed by atoms with Crippen LogP contribution in [0.1, 0.15) is 131 Å². The molecule has 5 aliphatic rings. The van der Waals surface area contributed by atoms with E-state index >= 15 is 4.39 Å². The number of amides is 1. The molecule has 1 saturated carbocycles. The number of esters is 2. The van der Waals surface area contributed by atoms with Crippen molar-refractivity contribution in [3.8, 4) is 0 Å². The van der Waals surface area contributed by atoms with Crippen LogP contribution in [0.2, 0.25) is 0 Å². The molecule has 0 bridgehead atoms. The second kappa shape index (κ2) is 29.2. The number of carbonyl (C=O) groups excluding carboxylic acids is 4. The number of cyclic esters (lactones) is 1. The normalized spacial score (nSPS) is 35.5. The van der Waals surface area contributed by atoms with E-state index in [4.69, 9.17) is 52.1 Å². The number of carbonyl (C=O) groups is 5. The van der Waals surface area contributed by atoms with Gasteiger partial charge in [0.1, 0.15) is 35.7 Å².